The van der Waals surface area contributed by atoms with Crippen LogP contribution in [0.3, 0.4) is 0 Å². The number of amides is 1. The molecule has 0 unspecified atom stereocenters. The minimum atomic E-state index is 0.211. The van der Waals surface area contributed by atoms with E-state index in [4.69, 9.17) is 4.98 Å². The van der Waals surface area contributed by atoms with Crippen LogP contribution in [0.1, 0.15) is 50.0 Å². The Morgan fingerprint density at radius 1 is 1.00 bits per heavy atom. The summed E-state index contributed by atoms with van der Waals surface area (Å²) in [4.78, 5) is 25.4. The van der Waals surface area contributed by atoms with E-state index in [-0.39, 0.29) is 11.8 Å². The molecule has 0 spiro atoms. The van der Waals surface area contributed by atoms with Gasteiger partial charge in [-0.1, -0.05) is 18.6 Å². The maximum Gasteiger partial charge on any atom is 0.229 e. The molecule has 2 aliphatic carbocycles. The number of carbonyl (C=O) groups excluding carboxylic acids is 1. The van der Waals surface area contributed by atoms with Crippen LogP contribution in [0.15, 0.2) is 55.0 Å². The summed E-state index contributed by atoms with van der Waals surface area (Å²) in [5, 5.41) is 9.88. The first kappa shape index (κ1) is 21.4. The summed E-state index contributed by atoms with van der Waals surface area (Å²) in [7, 11) is 0. The highest BCUT2D eigenvalue weighted by atomic mass is 16.1. The average molecular weight is 443 g/mol. The maximum atomic E-state index is 12.0. The highest BCUT2D eigenvalue weighted by Gasteiger charge is 2.28. The summed E-state index contributed by atoms with van der Waals surface area (Å²) in [6, 6.07) is 12.2. The van der Waals surface area contributed by atoms with Gasteiger partial charge in [-0.25, -0.2) is 4.98 Å². The fourth-order valence-electron chi connectivity index (χ4n) is 4.06. The van der Waals surface area contributed by atoms with Crippen LogP contribution in [0.25, 0.3) is 11.1 Å². The molecule has 33 heavy (non-hydrogen) atoms. The van der Waals surface area contributed by atoms with Gasteiger partial charge in [0.25, 0.3) is 0 Å². The predicted octanol–water partition coefficient (Wildman–Crippen LogP) is 4.88. The zero-order valence-electron chi connectivity index (χ0n) is 18.8. The number of aromatic nitrogens is 3. The largest absolute Gasteiger partial charge is 0.370 e. The summed E-state index contributed by atoms with van der Waals surface area (Å²) in [5.41, 5.74) is 4.35. The molecule has 7 nitrogen and oxygen atoms in total. The lowest BCUT2D eigenvalue weighted by molar-refractivity contribution is -0.127. The molecule has 2 heterocycles. The van der Waals surface area contributed by atoms with Gasteiger partial charge in [-0.15, -0.1) is 0 Å². The minimum Gasteiger partial charge on any atom is -0.370 e. The second kappa shape index (κ2) is 9.98. The van der Waals surface area contributed by atoms with Crippen LogP contribution in [0.4, 0.5) is 17.5 Å². The molecule has 0 radical (unpaired) electrons. The van der Waals surface area contributed by atoms with Gasteiger partial charge in [-0.3, -0.25) is 9.78 Å². The summed E-state index contributed by atoms with van der Waals surface area (Å²) < 4.78 is 0. The fraction of sp³-hybridized carbons (Fsp3) is 0.385. The first-order valence-electron chi connectivity index (χ1n) is 11.9. The Balaban J connectivity index is 1.21. The van der Waals surface area contributed by atoms with E-state index in [9.17, 15) is 4.79 Å². The van der Waals surface area contributed by atoms with Crippen molar-refractivity contribution in [2.24, 2.45) is 5.92 Å². The second-order valence-electron chi connectivity index (χ2n) is 8.91. The van der Waals surface area contributed by atoms with Gasteiger partial charge in [0.2, 0.25) is 11.9 Å². The van der Waals surface area contributed by atoms with Crippen LogP contribution in [0.2, 0.25) is 0 Å². The van der Waals surface area contributed by atoms with E-state index in [0.717, 1.165) is 48.4 Å². The number of hydrogen-bond acceptors (Lipinski definition) is 6. The van der Waals surface area contributed by atoms with E-state index in [0.29, 0.717) is 18.4 Å². The van der Waals surface area contributed by atoms with Crippen LogP contribution in [0.5, 0.6) is 0 Å². The predicted molar refractivity (Wildman–Crippen MR) is 130 cm³/mol. The molecule has 3 aromatic rings. The van der Waals surface area contributed by atoms with Crippen molar-refractivity contribution in [3.63, 3.8) is 0 Å². The summed E-state index contributed by atoms with van der Waals surface area (Å²) in [6.45, 7) is 1.46. The van der Waals surface area contributed by atoms with Gasteiger partial charge in [0.05, 0.1) is 0 Å². The van der Waals surface area contributed by atoms with Crippen molar-refractivity contribution in [3.05, 3.63) is 60.6 Å². The summed E-state index contributed by atoms with van der Waals surface area (Å²) >= 11 is 0. The lowest BCUT2D eigenvalue weighted by atomic mass is 9.85. The number of hydrogen-bond donors (Lipinski definition) is 3. The molecule has 2 fully saturated rings. The van der Waals surface area contributed by atoms with Gasteiger partial charge >= 0.3 is 0 Å². The van der Waals surface area contributed by atoms with Crippen LogP contribution in [0, 0.1) is 5.92 Å². The smallest absolute Gasteiger partial charge is 0.229 e. The lowest BCUT2D eigenvalue weighted by Gasteiger charge is -2.24. The van der Waals surface area contributed by atoms with Crippen molar-refractivity contribution in [2.75, 3.05) is 23.7 Å². The van der Waals surface area contributed by atoms with Gasteiger partial charge in [0, 0.05) is 48.8 Å². The van der Waals surface area contributed by atoms with Crippen molar-refractivity contribution in [2.45, 2.75) is 44.4 Å². The van der Waals surface area contributed by atoms with Gasteiger partial charge in [0.15, 0.2) is 0 Å². The maximum absolute atomic E-state index is 12.0. The molecule has 0 atom stereocenters. The van der Waals surface area contributed by atoms with Crippen molar-refractivity contribution >= 4 is 23.4 Å². The molecule has 3 N–H and O–H groups in total. The third kappa shape index (κ3) is 5.48. The van der Waals surface area contributed by atoms with Crippen LogP contribution < -0.4 is 16.0 Å². The molecular weight excluding hydrogens is 412 g/mol. The molecule has 1 amide bonds. The Bertz CT molecular complexity index is 1090. The van der Waals surface area contributed by atoms with E-state index < -0.39 is 0 Å². The highest BCUT2D eigenvalue weighted by molar-refractivity contribution is 5.79. The number of carbonyl (C=O) groups is 1. The highest BCUT2D eigenvalue weighted by Crippen LogP contribution is 2.42. The number of rotatable bonds is 10. The molecule has 5 rings (SSSR count). The van der Waals surface area contributed by atoms with Gasteiger partial charge in [-0.2, -0.15) is 4.98 Å². The second-order valence-corrected chi connectivity index (χ2v) is 8.91. The number of anilines is 3. The Hall–Kier alpha value is -3.48. The van der Waals surface area contributed by atoms with Crippen LogP contribution in [-0.2, 0) is 4.79 Å². The molecule has 2 aromatic heterocycles. The van der Waals surface area contributed by atoms with Crippen molar-refractivity contribution in [1.29, 1.82) is 0 Å². The lowest BCUT2D eigenvalue weighted by Crippen LogP contribution is -2.35. The average Bonchev–Trinajstić information content (AvgIpc) is 3.64. The molecule has 0 bridgehead atoms. The first-order chi connectivity index (χ1) is 16.3. The minimum absolute atomic E-state index is 0.211. The van der Waals surface area contributed by atoms with Crippen LogP contribution >= 0.6 is 0 Å². The zero-order valence-corrected chi connectivity index (χ0v) is 18.8. The number of nitrogens with one attached hydrogen (secondary N) is 3. The molecule has 2 saturated carbocycles. The molecule has 7 heteroatoms. The molecular formula is C26H30N6O. The molecule has 2 aliphatic rings. The Morgan fingerprint density at radius 3 is 2.61 bits per heavy atom. The van der Waals surface area contributed by atoms with Gasteiger partial charge in [-0.05, 0) is 73.4 Å². The number of nitrogens with zero attached hydrogens (tertiary/aromatic N) is 3. The fourth-order valence-corrected chi connectivity index (χ4v) is 4.06. The van der Waals surface area contributed by atoms with Crippen LogP contribution in [-0.4, -0.2) is 33.9 Å². The normalized spacial score (nSPS) is 15.5. The Kier molecular flexibility index (Phi) is 6.46. The van der Waals surface area contributed by atoms with Crippen molar-refractivity contribution in [1.82, 2.24) is 20.3 Å². The topological polar surface area (TPSA) is 91.8 Å². The van der Waals surface area contributed by atoms with Gasteiger partial charge < -0.3 is 16.0 Å². The molecule has 1 aromatic carbocycles. The van der Waals surface area contributed by atoms with E-state index in [1.165, 1.54) is 24.8 Å². The third-order valence-electron chi connectivity index (χ3n) is 6.39. The SMILES string of the molecule is O=C(NCCCNc1nc(Nc2cccc(-c3ccncc3)c2)ncc1C1CC1)C1CCC1. The Morgan fingerprint density at radius 2 is 1.85 bits per heavy atom. The van der Waals surface area contributed by atoms with Crippen molar-refractivity contribution in [3.8, 4) is 11.1 Å². The molecule has 0 aliphatic heterocycles. The van der Waals surface area contributed by atoms with E-state index >= 15 is 0 Å². The molecule has 170 valence electrons. The zero-order chi connectivity index (χ0) is 22.5. The van der Waals surface area contributed by atoms with E-state index in [1.54, 1.807) is 12.4 Å². The summed E-state index contributed by atoms with van der Waals surface area (Å²) in [6.07, 6.45) is 12.0. The Labute approximate surface area is 194 Å². The third-order valence-corrected chi connectivity index (χ3v) is 6.39. The molecule has 0 saturated heterocycles. The monoisotopic (exact) mass is 442 g/mol. The van der Waals surface area contributed by atoms with Gasteiger partial charge in [0.1, 0.15) is 5.82 Å². The van der Waals surface area contributed by atoms with E-state index in [1.807, 2.05) is 30.5 Å². The first-order valence-corrected chi connectivity index (χ1v) is 11.9. The quantitative estimate of drug-likeness (QED) is 0.388. The summed E-state index contributed by atoms with van der Waals surface area (Å²) in [5.74, 6) is 2.47. The number of pyridine rings is 1. The van der Waals surface area contributed by atoms with E-state index in [2.05, 4.69) is 38.1 Å². The standard InChI is InChI=1S/C26H30N6O/c33-25(20-4-1-5-20)29-13-3-12-28-24-23(19-8-9-19)17-30-26(32-24)31-22-7-2-6-21(16-22)18-10-14-27-15-11-18/h2,6-7,10-11,14-17,19-20H,1,3-5,8-9,12-13H2,(H,29,33)(H2,28,30,31,32). The number of benzene rings is 1. The van der Waals surface area contributed by atoms with Crippen molar-refractivity contribution < 1.29 is 4.79 Å².